The number of amides is 1. The predicted molar refractivity (Wildman–Crippen MR) is 70.2 cm³/mol. The Morgan fingerprint density at radius 2 is 2.11 bits per heavy atom. The summed E-state index contributed by atoms with van der Waals surface area (Å²) in [5, 5.41) is 0. The number of hydrogen-bond donors (Lipinski definition) is 1. The third-order valence-corrected chi connectivity index (χ3v) is 3.67. The van der Waals surface area contributed by atoms with E-state index in [0.29, 0.717) is 19.8 Å². The molecule has 1 atom stereocenters. The lowest BCUT2D eigenvalue weighted by Gasteiger charge is -2.25. The van der Waals surface area contributed by atoms with Gasteiger partial charge in [0.05, 0.1) is 6.54 Å². The molecule has 102 valence electrons. The zero-order chi connectivity index (χ0) is 13.2. The quantitative estimate of drug-likeness (QED) is 0.885. The smallest absolute Gasteiger partial charge is 0.231 e. The Kier molecular flexibility index (Phi) is 3.29. The van der Waals surface area contributed by atoms with Crippen molar-refractivity contribution in [2.24, 2.45) is 5.73 Å². The van der Waals surface area contributed by atoms with Crippen LogP contribution in [-0.2, 0) is 4.79 Å². The van der Waals surface area contributed by atoms with Crippen molar-refractivity contribution in [2.75, 3.05) is 26.3 Å². The van der Waals surface area contributed by atoms with Gasteiger partial charge in [-0.3, -0.25) is 9.69 Å². The molecule has 0 aromatic heterocycles. The number of fused-ring (bicyclic) bond motifs is 1. The third-order valence-electron chi connectivity index (χ3n) is 3.67. The summed E-state index contributed by atoms with van der Waals surface area (Å²) in [6, 6.07) is 6.28. The van der Waals surface area contributed by atoms with Crippen LogP contribution < -0.4 is 15.2 Å². The number of nitrogens with two attached hydrogens (primary N) is 1. The van der Waals surface area contributed by atoms with Crippen LogP contribution in [0.4, 0.5) is 0 Å². The highest BCUT2D eigenvalue weighted by atomic mass is 16.6. The predicted octanol–water partition coefficient (Wildman–Crippen LogP) is 1.08. The number of carbonyl (C=O) groups is 1. The number of carbonyl (C=O) groups excluding carboxylic acids is 1. The van der Waals surface area contributed by atoms with E-state index in [1.807, 2.05) is 12.1 Å². The van der Waals surface area contributed by atoms with E-state index in [1.165, 1.54) is 5.56 Å². The molecule has 5 heteroatoms. The lowest BCUT2D eigenvalue weighted by Crippen LogP contribution is -2.33. The van der Waals surface area contributed by atoms with E-state index in [4.69, 9.17) is 15.2 Å². The average Bonchev–Trinajstić information content (AvgIpc) is 2.85. The Hall–Kier alpha value is -1.75. The van der Waals surface area contributed by atoms with Gasteiger partial charge in [-0.25, -0.2) is 0 Å². The molecule has 0 bridgehead atoms. The first kappa shape index (κ1) is 12.3. The maximum atomic E-state index is 11.1. The summed E-state index contributed by atoms with van der Waals surface area (Å²) in [6.07, 6.45) is 2.14. The third kappa shape index (κ3) is 2.51. The number of ether oxygens (including phenoxy) is 2. The molecule has 2 aliphatic rings. The first-order valence-corrected chi connectivity index (χ1v) is 6.66. The van der Waals surface area contributed by atoms with E-state index >= 15 is 0 Å². The zero-order valence-electron chi connectivity index (χ0n) is 10.8. The van der Waals surface area contributed by atoms with Gasteiger partial charge in [0.2, 0.25) is 5.91 Å². The topological polar surface area (TPSA) is 64.8 Å². The number of primary amides is 1. The van der Waals surface area contributed by atoms with Crippen LogP contribution in [0.1, 0.15) is 24.4 Å². The van der Waals surface area contributed by atoms with Crippen LogP contribution in [0.15, 0.2) is 18.2 Å². The maximum absolute atomic E-state index is 11.1. The minimum Gasteiger partial charge on any atom is -0.486 e. The van der Waals surface area contributed by atoms with Gasteiger partial charge in [-0.2, -0.15) is 0 Å². The fraction of sp³-hybridized carbons (Fsp3) is 0.500. The Morgan fingerprint density at radius 1 is 1.32 bits per heavy atom. The van der Waals surface area contributed by atoms with Crippen molar-refractivity contribution < 1.29 is 14.3 Å². The molecule has 0 radical (unpaired) electrons. The van der Waals surface area contributed by atoms with Gasteiger partial charge in [-0.15, -0.1) is 0 Å². The number of nitrogens with zero attached hydrogens (tertiary/aromatic N) is 1. The van der Waals surface area contributed by atoms with E-state index in [2.05, 4.69) is 11.0 Å². The highest BCUT2D eigenvalue weighted by Crippen LogP contribution is 2.37. The average molecular weight is 262 g/mol. The molecule has 0 aliphatic carbocycles. The van der Waals surface area contributed by atoms with Crippen molar-refractivity contribution in [1.82, 2.24) is 4.90 Å². The van der Waals surface area contributed by atoms with Crippen LogP contribution in [0.3, 0.4) is 0 Å². The summed E-state index contributed by atoms with van der Waals surface area (Å²) >= 11 is 0. The van der Waals surface area contributed by atoms with E-state index in [-0.39, 0.29) is 11.9 Å². The van der Waals surface area contributed by atoms with Crippen LogP contribution >= 0.6 is 0 Å². The van der Waals surface area contributed by atoms with Gasteiger partial charge in [-0.1, -0.05) is 6.07 Å². The summed E-state index contributed by atoms with van der Waals surface area (Å²) in [7, 11) is 0. The van der Waals surface area contributed by atoms with Crippen molar-refractivity contribution in [3.63, 3.8) is 0 Å². The van der Waals surface area contributed by atoms with Gasteiger partial charge in [0.25, 0.3) is 0 Å². The van der Waals surface area contributed by atoms with Gasteiger partial charge >= 0.3 is 0 Å². The highest BCUT2D eigenvalue weighted by Gasteiger charge is 2.28. The van der Waals surface area contributed by atoms with E-state index in [0.717, 1.165) is 30.9 Å². The molecule has 19 heavy (non-hydrogen) atoms. The molecule has 0 saturated carbocycles. The molecule has 1 saturated heterocycles. The fourth-order valence-corrected chi connectivity index (χ4v) is 2.86. The van der Waals surface area contributed by atoms with Crippen molar-refractivity contribution in [3.05, 3.63) is 23.8 Å². The molecule has 5 nitrogen and oxygen atoms in total. The summed E-state index contributed by atoms with van der Waals surface area (Å²) in [4.78, 5) is 13.2. The van der Waals surface area contributed by atoms with Gasteiger partial charge in [0, 0.05) is 6.04 Å². The van der Waals surface area contributed by atoms with Crippen LogP contribution in [0, 0.1) is 0 Å². The van der Waals surface area contributed by atoms with Crippen LogP contribution in [0.25, 0.3) is 0 Å². The molecule has 3 rings (SSSR count). The molecule has 1 aromatic rings. The lowest BCUT2D eigenvalue weighted by molar-refractivity contribution is -0.119. The first-order chi connectivity index (χ1) is 9.24. The second-order valence-electron chi connectivity index (χ2n) is 5.00. The Balaban J connectivity index is 1.82. The van der Waals surface area contributed by atoms with E-state index in [1.54, 1.807) is 0 Å². The fourth-order valence-electron chi connectivity index (χ4n) is 2.86. The Bertz CT molecular complexity index is 490. The van der Waals surface area contributed by atoms with Crippen molar-refractivity contribution in [2.45, 2.75) is 18.9 Å². The molecule has 2 aliphatic heterocycles. The summed E-state index contributed by atoms with van der Waals surface area (Å²) in [5.74, 6) is 1.33. The molecule has 1 aromatic carbocycles. The van der Waals surface area contributed by atoms with E-state index < -0.39 is 0 Å². The molecular formula is C14H18N2O3. The number of rotatable bonds is 3. The van der Waals surface area contributed by atoms with Crippen molar-refractivity contribution in [1.29, 1.82) is 0 Å². The standard InChI is InChI=1S/C14H18N2O3/c15-14(17)9-16-5-1-2-11(16)10-3-4-12-13(8-10)19-7-6-18-12/h3-4,8,11H,1-2,5-7,9H2,(H2,15,17)/t11-/m1/s1. The van der Waals surface area contributed by atoms with Crippen LogP contribution in [0.5, 0.6) is 11.5 Å². The van der Waals surface area contributed by atoms with Crippen LogP contribution in [0.2, 0.25) is 0 Å². The summed E-state index contributed by atoms with van der Waals surface area (Å²) in [5.41, 5.74) is 6.47. The SMILES string of the molecule is NC(=O)CN1CCC[C@@H]1c1ccc2c(c1)OCCO2. The minimum atomic E-state index is -0.274. The number of benzene rings is 1. The van der Waals surface area contributed by atoms with Crippen molar-refractivity contribution >= 4 is 5.91 Å². The first-order valence-electron chi connectivity index (χ1n) is 6.66. The second kappa shape index (κ2) is 5.09. The van der Waals surface area contributed by atoms with Gasteiger partial charge in [0.15, 0.2) is 11.5 Å². The normalized spacial score (nSPS) is 22.4. The second-order valence-corrected chi connectivity index (χ2v) is 5.00. The monoisotopic (exact) mass is 262 g/mol. The van der Waals surface area contributed by atoms with Crippen molar-refractivity contribution in [3.8, 4) is 11.5 Å². The van der Waals surface area contributed by atoms with Gasteiger partial charge in [-0.05, 0) is 37.1 Å². The molecule has 1 amide bonds. The molecule has 0 spiro atoms. The maximum Gasteiger partial charge on any atom is 0.231 e. The number of likely N-dealkylation sites (tertiary alicyclic amines) is 1. The Morgan fingerprint density at radius 3 is 2.89 bits per heavy atom. The van der Waals surface area contributed by atoms with Gasteiger partial charge < -0.3 is 15.2 Å². The lowest BCUT2D eigenvalue weighted by atomic mass is 10.0. The molecule has 2 N–H and O–H groups in total. The minimum absolute atomic E-state index is 0.253. The number of hydrogen-bond acceptors (Lipinski definition) is 4. The van der Waals surface area contributed by atoms with E-state index in [9.17, 15) is 4.79 Å². The summed E-state index contributed by atoms with van der Waals surface area (Å²) < 4.78 is 11.1. The molecule has 2 heterocycles. The largest absolute Gasteiger partial charge is 0.486 e. The highest BCUT2D eigenvalue weighted by molar-refractivity contribution is 5.76. The Labute approximate surface area is 112 Å². The summed E-state index contributed by atoms with van der Waals surface area (Å²) in [6.45, 7) is 2.43. The zero-order valence-corrected chi connectivity index (χ0v) is 10.8. The van der Waals surface area contributed by atoms with Crippen LogP contribution in [-0.4, -0.2) is 37.1 Å². The molecule has 0 unspecified atom stereocenters. The van der Waals surface area contributed by atoms with Gasteiger partial charge in [0.1, 0.15) is 13.2 Å². The molecular weight excluding hydrogens is 244 g/mol. The molecule has 1 fully saturated rings.